The Balaban J connectivity index is 1.99. The number of halogens is 2. The number of aliphatic hydroxyl groups excluding tert-OH is 1. The fourth-order valence-corrected chi connectivity index (χ4v) is 3.44. The smallest absolute Gasteiger partial charge is 0.222 e. The van der Waals surface area contributed by atoms with Gasteiger partial charge in [0.2, 0.25) is 5.88 Å². The minimum atomic E-state index is -0.688. The molecule has 116 valence electrons. The second-order valence-electron chi connectivity index (χ2n) is 5.13. The lowest BCUT2D eigenvalue weighted by molar-refractivity contribution is 0.445. The van der Waals surface area contributed by atoms with Crippen LogP contribution in [0.5, 0.6) is 11.6 Å². The van der Waals surface area contributed by atoms with Crippen LogP contribution in [-0.2, 0) is 12.8 Å². The third kappa shape index (κ3) is 3.18. The minimum Gasteiger partial charge on any atom is -0.439 e. The number of ether oxygens (including phenoxy) is 1. The molecule has 0 bridgehead atoms. The summed E-state index contributed by atoms with van der Waals surface area (Å²) in [5.41, 5.74) is 2.06. The first kappa shape index (κ1) is 15.1. The Kier molecular flexibility index (Phi) is 4.22. The number of hydrogen-bond donors (Lipinski definition) is 2. The van der Waals surface area contributed by atoms with Crippen molar-refractivity contribution in [2.24, 2.45) is 0 Å². The Bertz CT molecular complexity index is 738. The lowest BCUT2D eigenvalue weighted by atomic mass is 10.2. The Hall–Kier alpha value is -1.79. The van der Waals surface area contributed by atoms with Crippen molar-refractivity contribution in [3.05, 3.63) is 47.2 Å². The zero-order valence-corrected chi connectivity index (χ0v) is 12.8. The number of hydrogen-bond acceptors (Lipinski definition) is 2. The van der Waals surface area contributed by atoms with Crippen LogP contribution in [0.15, 0.2) is 29.3 Å². The predicted molar refractivity (Wildman–Crippen MR) is 83.3 cm³/mol. The van der Waals surface area contributed by atoms with E-state index in [1.807, 2.05) is 0 Å². The van der Waals surface area contributed by atoms with Crippen LogP contribution in [0, 0.1) is 11.6 Å². The van der Waals surface area contributed by atoms with Gasteiger partial charge in [-0.05, 0) is 31.7 Å². The van der Waals surface area contributed by atoms with Crippen LogP contribution in [-0.4, -0.2) is 15.1 Å². The molecule has 0 atom stereocenters. The van der Waals surface area contributed by atoms with E-state index < -0.39 is 11.6 Å². The molecule has 0 radical (unpaired) electrons. The van der Waals surface area contributed by atoms with Gasteiger partial charge in [0.25, 0.3) is 0 Å². The summed E-state index contributed by atoms with van der Waals surface area (Å²) in [6.45, 7) is 1.64. The molecule has 0 amide bonds. The molecule has 0 saturated heterocycles. The van der Waals surface area contributed by atoms with E-state index in [4.69, 9.17) is 4.74 Å². The van der Waals surface area contributed by atoms with Crippen LogP contribution < -0.4 is 4.74 Å². The summed E-state index contributed by atoms with van der Waals surface area (Å²) in [6.07, 6.45) is 4.32. The van der Waals surface area contributed by atoms with Gasteiger partial charge in [-0.3, -0.25) is 0 Å². The van der Waals surface area contributed by atoms with Crippen molar-refractivity contribution in [2.45, 2.75) is 31.1 Å². The number of aliphatic hydroxyl groups is 1. The maximum Gasteiger partial charge on any atom is 0.222 e. The standard InChI is InChI=1S/C16H15F2NO2S/c1-9(20)22-15-8-19-16(14-4-2-3-13(14)15)21-12-6-10(17)5-11(18)7-12/h5-8,20,22H,2-4H2,1H3. The Morgan fingerprint density at radius 2 is 1.86 bits per heavy atom. The molecule has 1 aliphatic rings. The molecular formula is C16H15F2NO2S. The molecule has 1 aromatic heterocycles. The van der Waals surface area contributed by atoms with Gasteiger partial charge in [0.15, 0.2) is 0 Å². The van der Waals surface area contributed by atoms with E-state index in [1.54, 1.807) is 13.1 Å². The molecule has 1 N–H and O–H groups in total. The highest BCUT2D eigenvalue weighted by Crippen LogP contribution is 2.36. The lowest BCUT2D eigenvalue weighted by Crippen LogP contribution is -1.97. The Morgan fingerprint density at radius 1 is 1.18 bits per heavy atom. The SMILES string of the molecule is CC(O)=[SH]c1cnc(Oc2cc(F)cc(F)c2)c2c1CCC2. The molecule has 0 unspecified atom stereocenters. The average Bonchev–Trinajstić information content (AvgIpc) is 2.90. The zero-order chi connectivity index (χ0) is 15.7. The van der Waals surface area contributed by atoms with Gasteiger partial charge in [-0.1, -0.05) is 0 Å². The molecule has 6 heteroatoms. The highest BCUT2D eigenvalue weighted by molar-refractivity contribution is 7.98. The molecule has 1 aromatic carbocycles. The molecule has 0 aliphatic heterocycles. The Morgan fingerprint density at radius 3 is 2.55 bits per heavy atom. The van der Waals surface area contributed by atoms with Crippen LogP contribution in [0.4, 0.5) is 8.78 Å². The summed E-state index contributed by atoms with van der Waals surface area (Å²) in [5.74, 6) is -0.902. The minimum absolute atomic E-state index is 0.0919. The number of thiol groups is 1. The Labute approximate surface area is 130 Å². The van der Waals surface area contributed by atoms with Crippen molar-refractivity contribution in [3.8, 4) is 11.6 Å². The van der Waals surface area contributed by atoms with Crippen molar-refractivity contribution in [1.82, 2.24) is 4.98 Å². The first-order valence-corrected chi connectivity index (χ1v) is 7.81. The first-order valence-electron chi connectivity index (χ1n) is 6.92. The first-order chi connectivity index (χ1) is 10.5. The van der Waals surface area contributed by atoms with Crippen LogP contribution >= 0.6 is 11.4 Å². The normalized spacial score (nSPS) is 14.5. The van der Waals surface area contributed by atoms with E-state index in [2.05, 4.69) is 4.98 Å². The highest BCUT2D eigenvalue weighted by atomic mass is 32.1. The van der Waals surface area contributed by atoms with Crippen molar-refractivity contribution < 1.29 is 18.6 Å². The zero-order valence-electron chi connectivity index (χ0n) is 11.9. The third-order valence-corrected chi connectivity index (χ3v) is 4.37. The molecule has 0 fully saturated rings. The third-order valence-electron chi connectivity index (χ3n) is 3.42. The average molecular weight is 323 g/mol. The second kappa shape index (κ2) is 6.14. The number of pyridine rings is 1. The van der Waals surface area contributed by atoms with Gasteiger partial charge in [0, 0.05) is 34.9 Å². The molecule has 1 heterocycles. The maximum atomic E-state index is 13.2. The number of rotatable bonds is 3. The van der Waals surface area contributed by atoms with Gasteiger partial charge in [0.05, 0.1) is 5.05 Å². The van der Waals surface area contributed by atoms with Gasteiger partial charge in [-0.25, -0.2) is 13.8 Å². The van der Waals surface area contributed by atoms with Crippen molar-refractivity contribution in [1.29, 1.82) is 0 Å². The van der Waals surface area contributed by atoms with Gasteiger partial charge in [-0.15, -0.1) is 11.4 Å². The van der Waals surface area contributed by atoms with E-state index in [0.717, 1.165) is 64.8 Å². The number of benzene rings is 1. The van der Waals surface area contributed by atoms with Crippen molar-refractivity contribution >= 4 is 16.4 Å². The fraction of sp³-hybridized carbons (Fsp3) is 0.250. The molecule has 0 saturated carbocycles. The second-order valence-corrected chi connectivity index (χ2v) is 6.48. The van der Waals surface area contributed by atoms with Gasteiger partial charge < -0.3 is 9.84 Å². The summed E-state index contributed by atoms with van der Waals surface area (Å²) >= 11 is 0.728. The van der Waals surface area contributed by atoms with Crippen molar-refractivity contribution in [2.75, 3.05) is 0 Å². The summed E-state index contributed by atoms with van der Waals surface area (Å²) < 4.78 is 32.1. The van der Waals surface area contributed by atoms with Crippen molar-refractivity contribution in [3.63, 3.8) is 0 Å². The van der Waals surface area contributed by atoms with Crippen LogP contribution in [0.2, 0.25) is 0 Å². The summed E-state index contributed by atoms with van der Waals surface area (Å²) in [7, 11) is 0. The molecule has 1 aliphatic carbocycles. The quantitative estimate of drug-likeness (QED) is 0.658. The molecule has 22 heavy (non-hydrogen) atoms. The lowest BCUT2D eigenvalue weighted by Gasteiger charge is -2.11. The molecule has 0 spiro atoms. The van der Waals surface area contributed by atoms with Crippen LogP contribution in [0.25, 0.3) is 0 Å². The van der Waals surface area contributed by atoms with E-state index in [0.29, 0.717) is 10.9 Å². The monoisotopic (exact) mass is 323 g/mol. The number of aromatic nitrogens is 1. The molecule has 3 nitrogen and oxygen atoms in total. The van der Waals surface area contributed by atoms with Gasteiger partial charge >= 0.3 is 0 Å². The van der Waals surface area contributed by atoms with Crippen LogP contribution in [0.3, 0.4) is 0 Å². The van der Waals surface area contributed by atoms with Gasteiger partial charge in [0.1, 0.15) is 17.4 Å². The maximum absolute atomic E-state index is 13.2. The largest absolute Gasteiger partial charge is 0.439 e. The highest BCUT2D eigenvalue weighted by Gasteiger charge is 2.20. The molecule has 3 rings (SSSR count). The summed E-state index contributed by atoms with van der Waals surface area (Å²) in [4.78, 5) is 5.21. The number of nitrogens with zero attached hydrogens (tertiary/aromatic N) is 1. The summed E-state index contributed by atoms with van der Waals surface area (Å²) in [6, 6.07) is 3.06. The van der Waals surface area contributed by atoms with E-state index in [-0.39, 0.29) is 5.75 Å². The van der Waals surface area contributed by atoms with Crippen LogP contribution in [0.1, 0.15) is 24.5 Å². The topological polar surface area (TPSA) is 42.4 Å². The predicted octanol–water partition coefficient (Wildman–Crippen LogP) is 4.17. The molecular weight excluding hydrogens is 308 g/mol. The number of fused-ring (bicyclic) bond motifs is 1. The van der Waals surface area contributed by atoms with E-state index in [9.17, 15) is 13.9 Å². The summed E-state index contributed by atoms with van der Waals surface area (Å²) in [5, 5.41) is 9.77. The van der Waals surface area contributed by atoms with E-state index in [1.165, 1.54) is 0 Å². The molecule has 2 aromatic rings. The fourth-order valence-electron chi connectivity index (χ4n) is 2.60. The van der Waals surface area contributed by atoms with E-state index >= 15 is 0 Å². The van der Waals surface area contributed by atoms with Gasteiger partial charge in [-0.2, -0.15) is 0 Å².